The van der Waals surface area contributed by atoms with Crippen molar-refractivity contribution < 1.29 is 4.79 Å². The van der Waals surface area contributed by atoms with E-state index in [0.29, 0.717) is 5.82 Å². The van der Waals surface area contributed by atoms with Gasteiger partial charge in [-0.05, 0) is 19.9 Å². The Morgan fingerprint density at radius 1 is 1.56 bits per heavy atom. The number of nitrogens with one attached hydrogen (secondary N) is 1. The van der Waals surface area contributed by atoms with Crippen LogP contribution in [0, 0.1) is 0 Å². The van der Waals surface area contributed by atoms with Crippen LogP contribution in [0.3, 0.4) is 0 Å². The predicted octanol–water partition coefficient (Wildman–Crippen LogP) is 1.69. The average molecular weight is 267 g/mol. The maximum atomic E-state index is 11.8. The second kappa shape index (κ2) is 5.35. The van der Waals surface area contributed by atoms with Crippen LogP contribution < -0.4 is 5.32 Å². The highest BCUT2D eigenvalue weighted by Gasteiger charge is 2.13. The number of nitrogens with zero attached hydrogens (tertiary/aromatic N) is 3. The normalized spacial score (nSPS) is 11.1. The molecule has 2 heterocycles. The van der Waals surface area contributed by atoms with Gasteiger partial charge in [0.1, 0.15) is 17.9 Å². The molecular weight excluding hydrogens is 252 g/mol. The summed E-state index contributed by atoms with van der Waals surface area (Å²) in [6.45, 7) is 4.08. The Labute approximate surface area is 110 Å². The Bertz CT molecular complexity index is 564. The number of rotatable bonds is 4. The lowest BCUT2D eigenvalue weighted by Crippen LogP contribution is -2.33. The van der Waals surface area contributed by atoms with Gasteiger partial charge in [0.05, 0.1) is 17.6 Å². The first-order chi connectivity index (χ1) is 8.61. The minimum absolute atomic E-state index is 0.0486. The van der Waals surface area contributed by atoms with Gasteiger partial charge in [0.15, 0.2) is 0 Å². The molecule has 0 aliphatic heterocycles. The topological polar surface area (TPSA) is 59.8 Å². The van der Waals surface area contributed by atoms with Crippen molar-refractivity contribution in [3.05, 3.63) is 24.3 Å². The van der Waals surface area contributed by atoms with E-state index in [9.17, 15) is 4.79 Å². The van der Waals surface area contributed by atoms with Crippen molar-refractivity contribution in [3.8, 4) is 0 Å². The number of hydrogen-bond acceptors (Lipinski definition) is 3. The molecule has 0 bridgehead atoms. The van der Waals surface area contributed by atoms with E-state index in [0.717, 1.165) is 11.0 Å². The first-order valence-electron chi connectivity index (χ1n) is 5.76. The van der Waals surface area contributed by atoms with E-state index in [2.05, 4.69) is 15.3 Å². The number of imidazole rings is 1. The van der Waals surface area contributed by atoms with Crippen molar-refractivity contribution in [1.82, 2.24) is 19.9 Å². The minimum atomic E-state index is -0.0486. The predicted molar refractivity (Wildman–Crippen MR) is 70.4 cm³/mol. The molecule has 2 aromatic rings. The van der Waals surface area contributed by atoms with Gasteiger partial charge in [0.25, 0.3) is 0 Å². The summed E-state index contributed by atoms with van der Waals surface area (Å²) in [6.07, 6.45) is 3.35. The van der Waals surface area contributed by atoms with Gasteiger partial charge in [-0.2, -0.15) is 0 Å². The Balaban J connectivity index is 2.33. The van der Waals surface area contributed by atoms with Crippen LogP contribution in [0.1, 0.15) is 19.7 Å². The van der Waals surface area contributed by atoms with Crippen molar-refractivity contribution in [2.75, 3.05) is 0 Å². The molecule has 0 radical (unpaired) electrons. The van der Waals surface area contributed by atoms with Gasteiger partial charge in [-0.3, -0.25) is 9.78 Å². The van der Waals surface area contributed by atoms with E-state index in [-0.39, 0.29) is 24.4 Å². The minimum Gasteiger partial charge on any atom is -0.352 e. The molecule has 0 aromatic carbocycles. The van der Waals surface area contributed by atoms with E-state index in [1.54, 1.807) is 12.4 Å². The maximum absolute atomic E-state index is 11.8. The number of pyridine rings is 1. The lowest BCUT2D eigenvalue weighted by Gasteiger charge is -2.10. The van der Waals surface area contributed by atoms with Crippen LogP contribution in [0.5, 0.6) is 0 Å². The number of fused-ring (bicyclic) bond motifs is 1. The van der Waals surface area contributed by atoms with Crippen LogP contribution in [0.15, 0.2) is 18.5 Å². The standard InChI is InChI=1S/C12H15ClN4O/c1-8(2)15-12(18)7-17-10-3-4-14-6-9(10)16-11(17)5-13/h3-4,6,8H,5,7H2,1-2H3,(H,15,18). The second-order valence-corrected chi connectivity index (χ2v) is 4.60. The summed E-state index contributed by atoms with van der Waals surface area (Å²) in [5.41, 5.74) is 1.63. The summed E-state index contributed by atoms with van der Waals surface area (Å²) in [5, 5.41) is 2.85. The fourth-order valence-electron chi connectivity index (χ4n) is 1.82. The van der Waals surface area contributed by atoms with Crippen molar-refractivity contribution >= 4 is 28.5 Å². The van der Waals surface area contributed by atoms with Crippen LogP contribution in [0.25, 0.3) is 11.0 Å². The van der Waals surface area contributed by atoms with Crippen LogP contribution in [0.2, 0.25) is 0 Å². The van der Waals surface area contributed by atoms with Gasteiger partial charge in [-0.1, -0.05) is 0 Å². The molecule has 0 saturated carbocycles. The van der Waals surface area contributed by atoms with Crippen molar-refractivity contribution in [2.24, 2.45) is 0 Å². The number of alkyl halides is 1. The molecule has 0 saturated heterocycles. The van der Waals surface area contributed by atoms with Crippen LogP contribution in [-0.2, 0) is 17.2 Å². The first-order valence-corrected chi connectivity index (χ1v) is 6.29. The van der Waals surface area contributed by atoms with Gasteiger partial charge in [-0.15, -0.1) is 11.6 Å². The molecule has 18 heavy (non-hydrogen) atoms. The Morgan fingerprint density at radius 2 is 2.33 bits per heavy atom. The van der Waals surface area contributed by atoms with E-state index < -0.39 is 0 Å². The fraction of sp³-hybridized carbons (Fsp3) is 0.417. The van der Waals surface area contributed by atoms with Gasteiger partial charge in [0.2, 0.25) is 5.91 Å². The fourth-order valence-corrected chi connectivity index (χ4v) is 2.03. The quantitative estimate of drug-likeness (QED) is 0.857. The summed E-state index contributed by atoms with van der Waals surface area (Å²) < 4.78 is 1.82. The van der Waals surface area contributed by atoms with Crippen molar-refractivity contribution in [2.45, 2.75) is 32.3 Å². The zero-order valence-electron chi connectivity index (χ0n) is 10.4. The number of carbonyl (C=O) groups excluding carboxylic acids is 1. The Morgan fingerprint density at radius 3 is 3.00 bits per heavy atom. The zero-order valence-corrected chi connectivity index (χ0v) is 11.1. The lowest BCUT2D eigenvalue weighted by atomic mass is 10.3. The molecule has 0 atom stereocenters. The highest BCUT2D eigenvalue weighted by Crippen LogP contribution is 2.16. The number of amides is 1. The second-order valence-electron chi connectivity index (χ2n) is 4.33. The third kappa shape index (κ3) is 2.61. The molecule has 1 N–H and O–H groups in total. The molecule has 0 aliphatic carbocycles. The van der Waals surface area contributed by atoms with E-state index in [1.807, 2.05) is 24.5 Å². The monoisotopic (exact) mass is 266 g/mol. The lowest BCUT2D eigenvalue weighted by molar-refractivity contribution is -0.122. The highest BCUT2D eigenvalue weighted by atomic mass is 35.5. The van der Waals surface area contributed by atoms with E-state index >= 15 is 0 Å². The third-order valence-corrected chi connectivity index (χ3v) is 2.74. The molecule has 0 aliphatic rings. The summed E-state index contributed by atoms with van der Waals surface area (Å²) in [4.78, 5) is 20.2. The average Bonchev–Trinajstić information content (AvgIpc) is 2.66. The largest absolute Gasteiger partial charge is 0.352 e. The zero-order chi connectivity index (χ0) is 13.1. The molecule has 2 aromatic heterocycles. The van der Waals surface area contributed by atoms with Gasteiger partial charge < -0.3 is 9.88 Å². The maximum Gasteiger partial charge on any atom is 0.240 e. The van der Waals surface area contributed by atoms with Crippen LogP contribution in [-0.4, -0.2) is 26.5 Å². The van der Waals surface area contributed by atoms with Crippen LogP contribution in [0.4, 0.5) is 0 Å². The van der Waals surface area contributed by atoms with Crippen LogP contribution >= 0.6 is 11.6 Å². The summed E-state index contributed by atoms with van der Waals surface area (Å²) >= 11 is 5.86. The molecular formula is C12H15ClN4O. The molecule has 5 nitrogen and oxygen atoms in total. The summed E-state index contributed by atoms with van der Waals surface area (Å²) in [7, 11) is 0. The van der Waals surface area contributed by atoms with Crippen molar-refractivity contribution in [1.29, 1.82) is 0 Å². The van der Waals surface area contributed by atoms with Gasteiger partial charge in [-0.25, -0.2) is 4.98 Å². The van der Waals surface area contributed by atoms with Gasteiger partial charge in [0, 0.05) is 12.2 Å². The molecule has 0 fully saturated rings. The Hall–Kier alpha value is -1.62. The Kier molecular flexibility index (Phi) is 3.81. The van der Waals surface area contributed by atoms with Gasteiger partial charge >= 0.3 is 0 Å². The third-order valence-electron chi connectivity index (χ3n) is 2.50. The smallest absolute Gasteiger partial charge is 0.240 e. The van der Waals surface area contributed by atoms with E-state index in [1.165, 1.54) is 0 Å². The first kappa shape index (κ1) is 12.8. The SMILES string of the molecule is CC(C)NC(=O)Cn1c(CCl)nc2cnccc21. The van der Waals surface area contributed by atoms with E-state index in [4.69, 9.17) is 11.6 Å². The summed E-state index contributed by atoms with van der Waals surface area (Å²) in [5.74, 6) is 0.898. The highest BCUT2D eigenvalue weighted by molar-refractivity contribution is 6.16. The number of aromatic nitrogens is 3. The summed E-state index contributed by atoms with van der Waals surface area (Å²) in [6, 6.07) is 1.95. The molecule has 0 unspecified atom stereocenters. The molecule has 2 rings (SSSR count). The molecule has 1 amide bonds. The number of hydrogen-bond donors (Lipinski definition) is 1. The number of halogens is 1. The van der Waals surface area contributed by atoms with Crippen molar-refractivity contribution in [3.63, 3.8) is 0 Å². The molecule has 96 valence electrons. The molecule has 0 spiro atoms. The number of carbonyl (C=O) groups is 1. The molecule has 6 heteroatoms.